The van der Waals surface area contributed by atoms with Gasteiger partial charge in [-0.05, 0) is 0 Å². The van der Waals surface area contributed by atoms with E-state index in [2.05, 4.69) is 30.6 Å². The van der Waals surface area contributed by atoms with Crippen molar-refractivity contribution >= 4 is 22.9 Å². The van der Waals surface area contributed by atoms with Crippen LogP contribution < -0.4 is 5.32 Å². The van der Waals surface area contributed by atoms with Crippen molar-refractivity contribution in [1.29, 1.82) is 0 Å². The Bertz CT molecular complexity index is 1040. The Morgan fingerprint density at radius 3 is 2.69 bits per heavy atom. The Hall–Kier alpha value is -3.08. The number of benzene rings is 1. The third-order valence-electron chi connectivity index (χ3n) is 3.45. The molecule has 0 spiro atoms. The molecule has 0 fully saturated rings. The maximum absolute atomic E-state index is 13.0. The van der Waals surface area contributed by atoms with Gasteiger partial charge in [0.2, 0.25) is 0 Å². The van der Waals surface area contributed by atoms with Gasteiger partial charge in [-0.3, -0.25) is 0 Å². The first-order valence-electron chi connectivity index (χ1n) is 7.40. The molecule has 1 aromatic carbocycles. The van der Waals surface area contributed by atoms with E-state index in [0.29, 0.717) is 5.01 Å². The molecule has 0 aliphatic carbocycles. The van der Waals surface area contributed by atoms with Crippen molar-refractivity contribution < 1.29 is 13.2 Å². The molecule has 3 aromatic heterocycles. The van der Waals surface area contributed by atoms with E-state index in [0.717, 1.165) is 23.0 Å². The summed E-state index contributed by atoms with van der Waals surface area (Å²) in [6.45, 7) is 0.195. The lowest BCUT2D eigenvalue weighted by molar-refractivity contribution is -0.141. The van der Waals surface area contributed by atoms with Gasteiger partial charge < -0.3 is 5.32 Å². The van der Waals surface area contributed by atoms with Crippen LogP contribution in [0.25, 0.3) is 16.3 Å². The summed E-state index contributed by atoms with van der Waals surface area (Å²) < 4.78 is 40.2. The van der Waals surface area contributed by atoms with Gasteiger partial charge in [0, 0.05) is 11.6 Å². The highest BCUT2D eigenvalue weighted by Gasteiger charge is 2.34. The molecule has 4 rings (SSSR count). The molecule has 0 aliphatic heterocycles. The zero-order valence-corrected chi connectivity index (χ0v) is 13.8. The van der Waals surface area contributed by atoms with Gasteiger partial charge in [0.25, 0.3) is 5.78 Å². The minimum atomic E-state index is -4.58. The van der Waals surface area contributed by atoms with E-state index >= 15 is 0 Å². The minimum Gasteiger partial charge on any atom is -0.363 e. The van der Waals surface area contributed by atoms with Crippen molar-refractivity contribution in [3.05, 3.63) is 53.4 Å². The fourth-order valence-corrected chi connectivity index (χ4v) is 3.06. The molecule has 4 aromatic rings. The molecular weight excluding hydrogens is 367 g/mol. The van der Waals surface area contributed by atoms with Gasteiger partial charge >= 0.3 is 6.18 Å². The van der Waals surface area contributed by atoms with Crippen LogP contribution in [0.3, 0.4) is 0 Å². The minimum absolute atomic E-state index is 0.122. The summed E-state index contributed by atoms with van der Waals surface area (Å²) in [7, 11) is 0. The van der Waals surface area contributed by atoms with Gasteiger partial charge in [-0.25, -0.2) is 4.98 Å². The Labute approximate surface area is 148 Å². The summed E-state index contributed by atoms with van der Waals surface area (Å²) in [4.78, 5) is 7.19. The number of halogens is 3. The number of anilines is 1. The van der Waals surface area contributed by atoms with Crippen LogP contribution in [0.4, 0.5) is 19.0 Å². The predicted molar refractivity (Wildman–Crippen MR) is 88.5 cm³/mol. The van der Waals surface area contributed by atoms with Crippen LogP contribution in [0.1, 0.15) is 10.7 Å². The molecule has 0 unspecified atom stereocenters. The monoisotopic (exact) mass is 377 g/mol. The first-order valence-corrected chi connectivity index (χ1v) is 8.22. The van der Waals surface area contributed by atoms with Crippen molar-refractivity contribution in [2.45, 2.75) is 12.7 Å². The maximum atomic E-state index is 13.0. The van der Waals surface area contributed by atoms with Gasteiger partial charge in [-0.15, -0.1) is 10.2 Å². The summed E-state index contributed by atoms with van der Waals surface area (Å²) in [5, 5.41) is 16.3. The molecule has 26 heavy (non-hydrogen) atoms. The summed E-state index contributed by atoms with van der Waals surface area (Å²) in [5.74, 6) is -0.0131. The van der Waals surface area contributed by atoms with E-state index < -0.39 is 11.9 Å². The largest absolute Gasteiger partial charge is 0.433 e. The second-order valence-corrected chi connectivity index (χ2v) is 6.28. The Balaban J connectivity index is 1.58. The van der Waals surface area contributed by atoms with E-state index in [1.54, 1.807) is 0 Å². The second-order valence-electron chi connectivity index (χ2n) is 5.22. The fraction of sp³-hybridized carbons (Fsp3) is 0.133. The lowest BCUT2D eigenvalue weighted by atomic mass is 10.2. The van der Waals surface area contributed by atoms with Crippen molar-refractivity contribution in [1.82, 2.24) is 29.8 Å². The second kappa shape index (κ2) is 6.33. The maximum Gasteiger partial charge on any atom is 0.433 e. The standard InChI is InChI=1S/C15H10F3N7S/c16-15(17,18)10-6-11(25-14(22-10)20-8-21-25)19-7-12-23-24-13(26-12)9-4-2-1-3-5-9/h1-6,8,19H,7H2. The van der Waals surface area contributed by atoms with E-state index in [1.807, 2.05) is 30.3 Å². The van der Waals surface area contributed by atoms with Crippen LogP contribution in [0.5, 0.6) is 0 Å². The number of aromatic nitrogens is 6. The predicted octanol–water partition coefficient (Wildman–Crippen LogP) is 3.27. The van der Waals surface area contributed by atoms with E-state index in [1.165, 1.54) is 15.9 Å². The van der Waals surface area contributed by atoms with Crippen LogP contribution in [-0.2, 0) is 12.7 Å². The molecule has 0 atom stereocenters. The Morgan fingerprint density at radius 1 is 1.12 bits per heavy atom. The third-order valence-corrected chi connectivity index (χ3v) is 4.42. The smallest absolute Gasteiger partial charge is 0.363 e. The number of fused-ring (bicyclic) bond motifs is 1. The number of nitrogens with zero attached hydrogens (tertiary/aromatic N) is 6. The van der Waals surface area contributed by atoms with Crippen molar-refractivity contribution in [3.63, 3.8) is 0 Å². The zero-order valence-electron chi connectivity index (χ0n) is 13.0. The highest BCUT2D eigenvalue weighted by molar-refractivity contribution is 7.14. The SMILES string of the molecule is FC(F)(F)c1cc(NCc2nnc(-c3ccccc3)s2)n2ncnc2n1. The molecule has 0 bridgehead atoms. The van der Waals surface area contributed by atoms with Crippen molar-refractivity contribution in [3.8, 4) is 10.6 Å². The average molecular weight is 377 g/mol. The van der Waals surface area contributed by atoms with Gasteiger partial charge in [0.05, 0.1) is 6.54 Å². The molecule has 11 heteroatoms. The topological polar surface area (TPSA) is 80.9 Å². The van der Waals surface area contributed by atoms with Crippen LogP contribution in [-0.4, -0.2) is 29.8 Å². The van der Waals surface area contributed by atoms with Crippen molar-refractivity contribution in [2.24, 2.45) is 0 Å². The molecule has 0 saturated carbocycles. The van der Waals surface area contributed by atoms with Gasteiger partial charge in [0.15, 0.2) is 5.69 Å². The highest BCUT2D eigenvalue weighted by atomic mass is 32.1. The van der Waals surface area contributed by atoms with Gasteiger partial charge in [-0.1, -0.05) is 41.7 Å². The first kappa shape index (κ1) is 16.4. The molecule has 0 amide bonds. The van der Waals surface area contributed by atoms with Crippen LogP contribution >= 0.6 is 11.3 Å². The molecule has 132 valence electrons. The average Bonchev–Trinajstić information content (AvgIpc) is 3.29. The number of hydrogen-bond acceptors (Lipinski definition) is 7. The van der Waals surface area contributed by atoms with E-state index in [9.17, 15) is 13.2 Å². The Kier molecular flexibility index (Phi) is 3.99. The number of hydrogen-bond donors (Lipinski definition) is 1. The first-order chi connectivity index (χ1) is 12.5. The van der Waals surface area contributed by atoms with Gasteiger partial charge in [-0.2, -0.15) is 27.8 Å². The molecule has 1 N–H and O–H groups in total. The fourth-order valence-electron chi connectivity index (χ4n) is 2.27. The summed E-state index contributed by atoms with van der Waals surface area (Å²) >= 11 is 1.35. The summed E-state index contributed by atoms with van der Waals surface area (Å²) in [5.41, 5.74) is -0.110. The number of nitrogens with one attached hydrogen (secondary N) is 1. The number of alkyl halides is 3. The zero-order chi connectivity index (χ0) is 18.1. The summed E-state index contributed by atoms with van der Waals surface area (Å²) in [6.07, 6.45) is -3.43. The van der Waals surface area contributed by atoms with Gasteiger partial charge in [0.1, 0.15) is 22.2 Å². The van der Waals surface area contributed by atoms with Crippen molar-refractivity contribution in [2.75, 3.05) is 5.32 Å². The molecule has 0 radical (unpaired) electrons. The Morgan fingerprint density at radius 2 is 1.92 bits per heavy atom. The van der Waals surface area contributed by atoms with E-state index in [4.69, 9.17) is 0 Å². The molecule has 0 saturated heterocycles. The molecular formula is C15H10F3N7S. The molecule has 7 nitrogen and oxygen atoms in total. The lowest BCUT2D eigenvalue weighted by Gasteiger charge is -2.10. The summed E-state index contributed by atoms with van der Waals surface area (Å²) in [6, 6.07) is 10.4. The number of rotatable bonds is 4. The molecule has 3 heterocycles. The highest BCUT2D eigenvalue weighted by Crippen LogP contribution is 2.30. The van der Waals surface area contributed by atoms with E-state index in [-0.39, 0.29) is 18.1 Å². The third kappa shape index (κ3) is 3.20. The lowest BCUT2D eigenvalue weighted by Crippen LogP contribution is -2.13. The molecule has 0 aliphatic rings. The van der Waals surface area contributed by atoms with Crippen LogP contribution in [0, 0.1) is 0 Å². The normalized spacial score (nSPS) is 11.8. The quantitative estimate of drug-likeness (QED) is 0.588. The van der Waals surface area contributed by atoms with Crippen LogP contribution in [0.2, 0.25) is 0 Å². The van der Waals surface area contributed by atoms with Crippen LogP contribution in [0.15, 0.2) is 42.7 Å².